The number of carbonyl (C=O) groups is 1. The summed E-state index contributed by atoms with van der Waals surface area (Å²) >= 11 is 7.13. The Morgan fingerprint density at radius 2 is 1.71 bits per heavy atom. The summed E-state index contributed by atoms with van der Waals surface area (Å²) in [5.41, 5.74) is 1.51. The zero-order chi connectivity index (χ0) is 24.7. The predicted octanol–water partition coefficient (Wildman–Crippen LogP) is 7.37. The van der Waals surface area contributed by atoms with Crippen molar-refractivity contribution in [2.24, 2.45) is 5.16 Å². The Labute approximate surface area is 216 Å². The first kappa shape index (κ1) is 25.8. The molecule has 34 heavy (non-hydrogen) atoms. The van der Waals surface area contributed by atoms with Crippen molar-refractivity contribution >= 4 is 44.0 Å². The van der Waals surface area contributed by atoms with Crippen LogP contribution < -0.4 is 9.47 Å². The maximum atomic E-state index is 11.9. The van der Waals surface area contributed by atoms with E-state index in [0.717, 1.165) is 22.4 Å². The van der Waals surface area contributed by atoms with Crippen LogP contribution in [0.25, 0.3) is 11.1 Å². The van der Waals surface area contributed by atoms with Crippen LogP contribution in [0.4, 0.5) is 0 Å². The van der Waals surface area contributed by atoms with Gasteiger partial charge in [0, 0.05) is 5.56 Å². The van der Waals surface area contributed by atoms with Gasteiger partial charge in [0.25, 0.3) is 0 Å². The molecule has 0 saturated carbocycles. The normalized spacial score (nSPS) is 11.4. The van der Waals surface area contributed by atoms with Crippen LogP contribution in [0, 0.1) is 0 Å². The Hall–Kier alpha value is -2.84. The number of oxime groups is 1. The van der Waals surface area contributed by atoms with Gasteiger partial charge >= 0.3 is 5.97 Å². The predicted molar refractivity (Wildman–Crippen MR) is 140 cm³/mol. The van der Waals surface area contributed by atoms with Crippen molar-refractivity contribution in [3.8, 4) is 28.4 Å². The van der Waals surface area contributed by atoms with Crippen molar-refractivity contribution in [2.75, 3.05) is 13.7 Å². The van der Waals surface area contributed by atoms with Crippen LogP contribution in [0.15, 0.2) is 74.8 Å². The Morgan fingerprint density at radius 1 is 1.03 bits per heavy atom. The van der Waals surface area contributed by atoms with Gasteiger partial charge in [-0.15, -0.1) is 0 Å². The second-order valence-corrected chi connectivity index (χ2v) is 9.41. The van der Waals surface area contributed by atoms with E-state index in [1.54, 1.807) is 27.9 Å². The van der Waals surface area contributed by atoms with Gasteiger partial charge in [0.2, 0.25) is 5.60 Å². The van der Waals surface area contributed by atoms with Gasteiger partial charge in [-0.3, -0.25) is 0 Å². The summed E-state index contributed by atoms with van der Waals surface area (Å²) in [6.07, 6.45) is 1.52. The van der Waals surface area contributed by atoms with Crippen LogP contribution in [-0.2, 0) is 14.4 Å². The number of halogens is 2. The molecule has 0 unspecified atom stereocenters. The number of carbonyl (C=O) groups excluding carboxylic acids is 1. The maximum Gasteiger partial charge on any atom is 0.352 e. The Kier molecular flexibility index (Phi) is 8.74. The van der Waals surface area contributed by atoms with Crippen molar-refractivity contribution in [1.29, 1.82) is 0 Å². The second kappa shape index (κ2) is 11.5. The second-order valence-electron chi connectivity index (χ2n) is 7.70. The van der Waals surface area contributed by atoms with Crippen molar-refractivity contribution in [2.45, 2.75) is 26.4 Å². The number of nitrogens with zero attached hydrogens (tertiary/aromatic N) is 1. The molecule has 0 amide bonds. The molecular weight excluding hydrogens is 566 g/mol. The van der Waals surface area contributed by atoms with E-state index in [1.807, 2.05) is 60.7 Å². The minimum absolute atomic E-state index is 0.276. The molecule has 0 aliphatic carbocycles. The van der Waals surface area contributed by atoms with Crippen molar-refractivity contribution in [3.63, 3.8) is 0 Å². The van der Waals surface area contributed by atoms with Gasteiger partial charge in [-0.1, -0.05) is 35.5 Å². The number of benzene rings is 3. The van der Waals surface area contributed by atoms with Gasteiger partial charge in [0.1, 0.15) is 11.5 Å². The van der Waals surface area contributed by atoms with E-state index in [2.05, 4.69) is 37.0 Å². The molecule has 8 heteroatoms. The van der Waals surface area contributed by atoms with Gasteiger partial charge in [0.05, 0.1) is 28.9 Å². The molecule has 0 atom stereocenters. The van der Waals surface area contributed by atoms with Crippen LogP contribution in [0.2, 0.25) is 0 Å². The van der Waals surface area contributed by atoms with E-state index in [4.69, 9.17) is 19.0 Å². The highest BCUT2D eigenvalue weighted by atomic mass is 79.9. The topological polar surface area (TPSA) is 66.4 Å². The molecule has 0 aliphatic rings. The fourth-order valence-corrected chi connectivity index (χ4v) is 4.41. The van der Waals surface area contributed by atoms with Crippen LogP contribution in [0.5, 0.6) is 17.2 Å². The lowest BCUT2D eigenvalue weighted by molar-refractivity contribution is -0.167. The molecule has 0 saturated heterocycles. The summed E-state index contributed by atoms with van der Waals surface area (Å²) in [4.78, 5) is 17.3. The molecule has 0 spiro atoms. The van der Waals surface area contributed by atoms with E-state index in [-0.39, 0.29) is 6.61 Å². The van der Waals surface area contributed by atoms with Crippen LogP contribution in [-0.4, -0.2) is 31.5 Å². The summed E-state index contributed by atoms with van der Waals surface area (Å²) in [7, 11) is 1.65. The van der Waals surface area contributed by atoms with Gasteiger partial charge in [-0.25, -0.2) is 4.79 Å². The van der Waals surface area contributed by atoms with Gasteiger partial charge < -0.3 is 19.0 Å². The number of ether oxygens (including phenoxy) is 3. The molecule has 3 aromatic rings. The summed E-state index contributed by atoms with van der Waals surface area (Å²) < 4.78 is 18.1. The summed E-state index contributed by atoms with van der Waals surface area (Å²) in [5, 5.41) is 3.95. The van der Waals surface area contributed by atoms with Crippen LogP contribution >= 0.6 is 31.9 Å². The molecule has 0 aromatic heterocycles. The summed E-state index contributed by atoms with van der Waals surface area (Å²) in [5.74, 6) is 1.54. The molecule has 3 rings (SSSR count). The highest BCUT2D eigenvalue weighted by Gasteiger charge is 2.31. The molecule has 0 N–H and O–H groups in total. The monoisotopic (exact) mass is 589 g/mol. The van der Waals surface area contributed by atoms with Crippen molar-refractivity contribution < 1.29 is 23.8 Å². The van der Waals surface area contributed by atoms with Gasteiger partial charge in [-0.05, 0) is 94.1 Å². The molecule has 0 heterocycles. The van der Waals surface area contributed by atoms with Crippen molar-refractivity contribution in [1.82, 2.24) is 0 Å². The van der Waals surface area contributed by atoms with E-state index in [0.29, 0.717) is 20.4 Å². The fraction of sp³-hybridized carbons (Fsp3) is 0.231. The third-order valence-electron chi connectivity index (χ3n) is 4.75. The standard InChI is InChI=1S/C26H25Br2NO5/c1-5-32-25(30)26(2,3)34-29-16-17-13-21(27)24(22(28)14-17)33-19-11-12-23(31-4)20(15-19)18-9-7-6-8-10-18/h6-16H,5H2,1-4H3/b29-16+. The summed E-state index contributed by atoms with van der Waals surface area (Å²) in [6.45, 7) is 5.22. The third kappa shape index (κ3) is 6.39. The zero-order valence-corrected chi connectivity index (χ0v) is 22.5. The first-order chi connectivity index (χ1) is 16.2. The first-order valence-electron chi connectivity index (χ1n) is 10.5. The quantitative estimate of drug-likeness (QED) is 0.148. The smallest absolute Gasteiger partial charge is 0.352 e. The molecule has 0 aliphatic heterocycles. The highest BCUT2D eigenvalue weighted by Crippen LogP contribution is 2.40. The zero-order valence-electron chi connectivity index (χ0n) is 19.3. The lowest BCUT2D eigenvalue weighted by atomic mass is 10.0. The van der Waals surface area contributed by atoms with E-state index >= 15 is 0 Å². The SMILES string of the molecule is CCOC(=O)C(C)(C)O/N=C/c1cc(Br)c(Oc2ccc(OC)c(-c3ccccc3)c2)c(Br)c1. The van der Waals surface area contributed by atoms with Gasteiger partial charge in [0.15, 0.2) is 5.75 Å². The molecule has 0 radical (unpaired) electrons. The van der Waals surface area contributed by atoms with Crippen LogP contribution in [0.3, 0.4) is 0 Å². The number of rotatable bonds is 9. The first-order valence-corrected chi connectivity index (χ1v) is 12.1. The number of esters is 1. The number of methoxy groups -OCH3 is 1. The average molecular weight is 591 g/mol. The van der Waals surface area contributed by atoms with Crippen LogP contribution in [0.1, 0.15) is 26.3 Å². The highest BCUT2D eigenvalue weighted by molar-refractivity contribution is 9.11. The Bertz CT molecular complexity index is 1160. The Balaban J connectivity index is 1.80. The number of hydrogen-bond acceptors (Lipinski definition) is 6. The van der Waals surface area contributed by atoms with E-state index in [9.17, 15) is 4.79 Å². The molecule has 0 fully saturated rings. The lowest BCUT2D eigenvalue weighted by Crippen LogP contribution is -2.35. The lowest BCUT2D eigenvalue weighted by Gasteiger charge is -2.19. The van der Waals surface area contributed by atoms with Crippen molar-refractivity contribution in [3.05, 3.63) is 75.2 Å². The maximum absolute atomic E-state index is 11.9. The summed E-state index contributed by atoms with van der Waals surface area (Å²) in [6, 6.07) is 19.3. The van der Waals surface area contributed by atoms with Gasteiger partial charge in [-0.2, -0.15) is 0 Å². The number of hydrogen-bond donors (Lipinski definition) is 0. The molecule has 178 valence electrons. The minimum atomic E-state index is -1.19. The molecule has 3 aromatic carbocycles. The third-order valence-corrected chi connectivity index (χ3v) is 5.92. The van der Waals surface area contributed by atoms with E-state index < -0.39 is 11.6 Å². The molecule has 0 bridgehead atoms. The fourth-order valence-electron chi connectivity index (χ4n) is 3.02. The molecule has 6 nitrogen and oxygen atoms in total. The Morgan fingerprint density at radius 3 is 2.32 bits per heavy atom. The average Bonchev–Trinajstić information content (AvgIpc) is 2.82. The molecular formula is C26H25Br2NO5. The minimum Gasteiger partial charge on any atom is -0.496 e. The largest absolute Gasteiger partial charge is 0.496 e. The van der Waals surface area contributed by atoms with E-state index in [1.165, 1.54) is 6.21 Å².